The van der Waals surface area contributed by atoms with Crippen molar-refractivity contribution in [3.05, 3.63) is 53.6 Å². The van der Waals surface area contributed by atoms with Crippen LogP contribution >= 0.6 is 0 Å². The Balaban J connectivity index is 1.92. The van der Waals surface area contributed by atoms with Crippen molar-refractivity contribution in [1.82, 2.24) is 5.43 Å². The summed E-state index contributed by atoms with van der Waals surface area (Å²) in [7, 11) is 2.89. The molecule has 126 valence electrons. The quantitative estimate of drug-likeness (QED) is 0.604. The van der Waals surface area contributed by atoms with E-state index in [1.807, 2.05) is 30.3 Å². The van der Waals surface area contributed by atoms with E-state index in [9.17, 15) is 9.90 Å². The third-order valence-corrected chi connectivity index (χ3v) is 3.39. The molecule has 0 heterocycles. The molecule has 0 unspecified atom stereocenters. The van der Waals surface area contributed by atoms with Gasteiger partial charge in [0, 0.05) is 12.0 Å². The number of nitrogens with one attached hydrogen (secondary N) is 1. The number of benzene rings is 2. The van der Waals surface area contributed by atoms with E-state index >= 15 is 0 Å². The summed E-state index contributed by atoms with van der Waals surface area (Å²) in [4.78, 5) is 11.8. The maximum absolute atomic E-state index is 11.8. The lowest BCUT2D eigenvalue weighted by atomic mass is 10.1. The smallest absolute Gasteiger partial charge is 0.240 e. The van der Waals surface area contributed by atoms with E-state index in [4.69, 9.17) is 9.47 Å². The molecule has 0 atom stereocenters. The molecule has 0 aliphatic heterocycles. The zero-order valence-corrected chi connectivity index (χ0v) is 13.7. The van der Waals surface area contributed by atoms with Gasteiger partial charge in [0.2, 0.25) is 11.7 Å². The van der Waals surface area contributed by atoms with Gasteiger partial charge in [-0.2, -0.15) is 5.10 Å². The highest BCUT2D eigenvalue weighted by Crippen LogP contribution is 2.36. The first-order chi connectivity index (χ1) is 11.6. The van der Waals surface area contributed by atoms with E-state index in [0.717, 1.165) is 5.56 Å². The molecule has 0 aromatic heterocycles. The van der Waals surface area contributed by atoms with Gasteiger partial charge in [0.1, 0.15) is 0 Å². The highest BCUT2D eigenvalue weighted by atomic mass is 16.5. The van der Waals surface area contributed by atoms with Gasteiger partial charge in [0.25, 0.3) is 0 Å². The summed E-state index contributed by atoms with van der Waals surface area (Å²) in [6, 6.07) is 13.0. The lowest BCUT2D eigenvalue weighted by Gasteiger charge is -2.09. The van der Waals surface area contributed by atoms with Crippen molar-refractivity contribution in [2.45, 2.75) is 12.8 Å². The Bertz CT molecular complexity index is 689. The van der Waals surface area contributed by atoms with Crippen molar-refractivity contribution in [1.29, 1.82) is 0 Å². The molecular weight excluding hydrogens is 308 g/mol. The average Bonchev–Trinajstić information content (AvgIpc) is 2.62. The van der Waals surface area contributed by atoms with Crippen molar-refractivity contribution in [3.8, 4) is 17.2 Å². The summed E-state index contributed by atoms with van der Waals surface area (Å²) in [6.45, 7) is 0. The molecule has 0 radical (unpaired) electrons. The fraction of sp³-hybridized carbons (Fsp3) is 0.222. The summed E-state index contributed by atoms with van der Waals surface area (Å²) in [6.07, 6.45) is 2.47. The van der Waals surface area contributed by atoms with Crippen LogP contribution < -0.4 is 14.9 Å². The van der Waals surface area contributed by atoms with Gasteiger partial charge in [-0.25, -0.2) is 5.43 Å². The first kappa shape index (κ1) is 17.3. The van der Waals surface area contributed by atoms with E-state index in [0.29, 0.717) is 18.4 Å². The topological polar surface area (TPSA) is 80.2 Å². The largest absolute Gasteiger partial charge is 0.502 e. The molecule has 0 bridgehead atoms. The lowest BCUT2D eigenvalue weighted by Crippen LogP contribution is -2.17. The number of carbonyl (C=O) groups is 1. The summed E-state index contributed by atoms with van der Waals surface area (Å²) in [5.41, 5.74) is 4.21. The minimum atomic E-state index is -0.173. The normalized spacial score (nSPS) is 10.6. The number of ether oxygens (including phenoxy) is 2. The van der Waals surface area contributed by atoms with Crippen LogP contribution in [-0.2, 0) is 11.2 Å². The number of methoxy groups -OCH3 is 2. The van der Waals surface area contributed by atoms with Crippen LogP contribution in [0.1, 0.15) is 17.5 Å². The van der Waals surface area contributed by atoms with Gasteiger partial charge in [-0.15, -0.1) is 0 Å². The van der Waals surface area contributed by atoms with Gasteiger partial charge >= 0.3 is 0 Å². The van der Waals surface area contributed by atoms with Crippen LogP contribution in [0.25, 0.3) is 0 Å². The van der Waals surface area contributed by atoms with Crippen LogP contribution in [-0.4, -0.2) is 31.4 Å². The van der Waals surface area contributed by atoms with Gasteiger partial charge in [0.05, 0.1) is 20.4 Å². The van der Waals surface area contributed by atoms with Crippen LogP contribution in [0.15, 0.2) is 47.6 Å². The molecular formula is C18H20N2O4. The van der Waals surface area contributed by atoms with E-state index in [1.54, 1.807) is 12.1 Å². The number of phenols is 1. The third-order valence-electron chi connectivity index (χ3n) is 3.39. The Kier molecular flexibility index (Phi) is 6.19. The van der Waals surface area contributed by atoms with E-state index < -0.39 is 0 Å². The molecule has 0 saturated heterocycles. The van der Waals surface area contributed by atoms with E-state index in [1.165, 1.54) is 20.4 Å². The number of hydrazone groups is 1. The highest BCUT2D eigenvalue weighted by molar-refractivity contribution is 5.84. The van der Waals surface area contributed by atoms with Gasteiger partial charge in [-0.1, -0.05) is 30.3 Å². The van der Waals surface area contributed by atoms with Crippen LogP contribution in [0.5, 0.6) is 17.2 Å². The molecule has 0 saturated carbocycles. The van der Waals surface area contributed by atoms with Gasteiger partial charge in [-0.05, 0) is 24.1 Å². The fourth-order valence-corrected chi connectivity index (χ4v) is 2.13. The van der Waals surface area contributed by atoms with Crippen LogP contribution in [0.2, 0.25) is 0 Å². The number of nitrogens with zero attached hydrogens (tertiary/aromatic N) is 1. The Morgan fingerprint density at radius 1 is 1.17 bits per heavy atom. The van der Waals surface area contributed by atoms with Crippen molar-refractivity contribution in [3.63, 3.8) is 0 Å². The second-order valence-electron chi connectivity index (χ2n) is 5.05. The summed E-state index contributed by atoms with van der Waals surface area (Å²) in [5, 5.41) is 13.8. The first-order valence-corrected chi connectivity index (χ1v) is 7.45. The fourth-order valence-electron chi connectivity index (χ4n) is 2.13. The van der Waals surface area contributed by atoms with Gasteiger partial charge in [-0.3, -0.25) is 4.79 Å². The van der Waals surface area contributed by atoms with Crippen molar-refractivity contribution < 1.29 is 19.4 Å². The number of hydrogen-bond donors (Lipinski definition) is 2. The van der Waals surface area contributed by atoms with E-state index in [-0.39, 0.29) is 23.2 Å². The third kappa shape index (κ3) is 4.74. The minimum Gasteiger partial charge on any atom is -0.502 e. The monoisotopic (exact) mass is 328 g/mol. The molecule has 2 aromatic rings. The average molecular weight is 328 g/mol. The standard InChI is InChI=1S/C18H20N2O4/c1-23-15-10-14(11-16(24-2)18(15)22)12-19-20-17(21)9-8-13-6-4-3-5-7-13/h3-7,10-12,22H,8-9H2,1-2H3,(H,20,21)/b19-12+. The maximum Gasteiger partial charge on any atom is 0.240 e. The summed E-state index contributed by atoms with van der Waals surface area (Å²) >= 11 is 0. The molecule has 0 spiro atoms. The molecule has 6 nitrogen and oxygen atoms in total. The predicted octanol–water partition coefficient (Wildman–Crippen LogP) is 2.49. The Hall–Kier alpha value is -3.02. The van der Waals surface area contributed by atoms with Crippen molar-refractivity contribution >= 4 is 12.1 Å². The number of aryl methyl sites for hydroxylation is 1. The number of amides is 1. The molecule has 6 heteroatoms. The number of carbonyl (C=O) groups excluding carboxylic acids is 1. The SMILES string of the molecule is COc1cc(/C=N/NC(=O)CCc2ccccc2)cc(OC)c1O. The Morgan fingerprint density at radius 3 is 2.38 bits per heavy atom. The zero-order chi connectivity index (χ0) is 17.4. The molecule has 0 aliphatic rings. The van der Waals surface area contributed by atoms with Crippen molar-refractivity contribution in [2.24, 2.45) is 5.10 Å². The Labute approximate surface area is 140 Å². The van der Waals surface area contributed by atoms with Gasteiger partial charge in [0.15, 0.2) is 11.5 Å². The second-order valence-corrected chi connectivity index (χ2v) is 5.05. The summed E-state index contributed by atoms with van der Waals surface area (Å²) in [5.74, 6) is 0.286. The van der Waals surface area contributed by atoms with Crippen molar-refractivity contribution in [2.75, 3.05) is 14.2 Å². The molecule has 2 N–H and O–H groups in total. The molecule has 1 amide bonds. The molecule has 0 aliphatic carbocycles. The number of hydrogen-bond acceptors (Lipinski definition) is 5. The second kappa shape index (κ2) is 8.57. The minimum absolute atomic E-state index is 0.0796. The van der Waals surface area contributed by atoms with E-state index in [2.05, 4.69) is 10.5 Å². The molecule has 24 heavy (non-hydrogen) atoms. The van der Waals surface area contributed by atoms with Crippen LogP contribution in [0.3, 0.4) is 0 Å². The number of rotatable bonds is 7. The Morgan fingerprint density at radius 2 is 1.79 bits per heavy atom. The van der Waals surface area contributed by atoms with Crippen LogP contribution in [0, 0.1) is 0 Å². The predicted molar refractivity (Wildman–Crippen MR) is 91.7 cm³/mol. The van der Waals surface area contributed by atoms with Crippen LogP contribution in [0.4, 0.5) is 0 Å². The first-order valence-electron chi connectivity index (χ1n) is 7.45. The molecule has 0 fully saturated rings. The van der Waals surface area contributed by atoms with Gasteiger partial charge < -0.3 is 14.6 Å². The molecule has 2 rings (SSSR count). The zero-order valence-electron chi connectivity index (χ0n) is 13.7. The number of aromatic hydroxyl groups is 1. The highest BCUT2D eigenvalue weighted by Gasteiger charge is 2.10. The molecule has 2 aromatic carbocycles. The maximum atomic E-state index is 11.8. The number of phenolic OH excluding ortho intramolecular Hbond substituents is 1. The lowest BCUT2D eigenvalue weighted by molar-refractivity contribution is -0.121. The summed E-state index contributed by atoms with van der Waals surface area (Å²) < 4.78 is 10.1.